The number of rotatable bonds is 3. The molecule has 17 heavy (non-hydrogen) atoms. The number of benzene rings is 1. The van der Waals surface area contributed by atoms with E-state index in [1.807, 2.05) is 30.3 Å². The van der Waals surface area contributed by atoms with Gasteiger partial charge in [0.05, 0.1) is 19.1 Å². The number of carbonyl (C=O) groups is 1. The van der Waals surface area contributed by atoms with Crippen LogP contribution in [-0.2, 0) is 16.1 Å². The Morgan fingerprint density at radius 1 is 1.41 bits per heavy atom. The molecule has 0 saturated carbocycles. The predicted octanol–water partition coefficient (Wildman–Crippen LogP) is 0.619. The topological polar surface area (TPSA) is 55.6 Å². The van der Waals surface area contributed by atoms with Gasteiger partial charge < -0.3 is 15.4 Å². The summed E-state index contributed by atoms with van der Waals surface area (Å²) in [5, 5.41) is 0. The molecule has 0 spiro atoms. The second-order valence-corrected chi connectivity index (χ2v) is 4.49. The highest BCUT2D eigenvalue weighted by molar-refractivity contribution is 5.79. The van der Waals surface area contributed by atoms with Crippen molar-refractivity contribution >= 4 is 5.91 Å². The van der Waals surface area contributed by atoms with E-state index in [2.05, 4.69) is 0 Å². The quantitative estimate of drug-likeness (QED) is 0.834. The van der Waals surface area contributed by atoms with Crippen molar-refractivity contribution in [2.24, 2.45) is 11.7 Å². The largest absolute Gasteiger partial charge is 0.379 e. The molecule has 1 heterocycles. The van der Waals surface area contributed by atoms with Gasteiger partial charge >= 0.3 is 0 Å². The fourth-order valence-corrected chi connectivity index (χ4v) is 2.04. The van der Waals surface area contributed by atoms with Crippen molar-refractivity contribution in [3.63, 3.8) is 0 Å². The van der Waals surface area contributed by atoms with E-state index in [9.17, 15) is 4.79 Å². The summed E-state index contributed by atoms with van der Waals surface area (Å²) in [5.74, 6) is -0.123. The van der Waals surface area contributed by atoms with Crippen molar-refractivity contribution in [1.29, 1.82) is 0 Å². The van der Waals surface area contributed by atoms with E-state index in [4.69, 9.17) is 10.5 Å². The molecule has 1 saturated heterocycles. The normalized spacial score (nSPS) is 23.6. The second kappa shape index (κ2) is 5.29. The van der Waals surface area contributed by atoms with Crippen LogP contribution in [0.25, 0.3) is 0 Å². The van der Waals surface area contributed by atoms with Crippen LogP contribution in [0.5, 0.6) is 0 Å². The zero-order chi connectivity index (χ0) is 12.3. The van der Waals surface area contributed by atoms with Crippen molar-refractivity contribution in [2.45, 2.75) is 12.6 Å². The fourth-order valence-electron chi connectivity index (χ4n) is 2.04. The third kappa shape index (κ3) is 2.84. The molecule has 0 radical (unpaired) electrons. The molecule has 1 aliphatic rings. The highest BCUT2D eigenvalue weighted by atomic mass is 16.5. The molecule has 0 aliphatic carbocycles. The molecule has 0 bridgehead atoms. The van der Waals surface area contributed by atoms with Gasteiger partial charge in [0.25, 0.3) is 0 Å². The first-order chi connectivity index (χ1) is 8.18. The van der Waals surface area contributed by atoms with Gasteiger partial charge in [-0.25, -0.2) is 0 Å². The number of ether oxygens (including phenoxy) is 1. The molecular weight excluding hydrogens is 216 g/mol. The first-order valence-corrected chi connectivity index (χ1v) is 5.80. The lowest BCUT2D eigenvalue weighted by atomic mass is 10.0. The first-order valence-electron chi connectivity index (χ1n) is 5.80. The van der Waals surface area contributed by atoms with Gasteiger partial charge in [0, 0.05) is 19.6 Å². The predicted molar refractivity (Wildman–Crippen MR) is 65.2 cm³/mol. The van der Waals surface area contributed by atoms with E-state index < -0.39 is 0 Å². The molecule has 92 valence electrons. The van der Waals surface area contributed by atoms with Crippen LogP contribution in [0.2, 0.25) is 0 Å². The van der Waals surface area contributed by atoms with E-state index in [-0.39, 0.29) is 17.9 Å². The number of nitrogens with two attached hydrogens (primary N) is 1. The SMILES string of the molecule is CN(Cc1ccccc1)C(=O)C1COCC1N. The lowest BCUT2D eigenvalue weighted by Gasteiger charge is -2.22. The average Bonchev–Trinajstić information content (AvgIpc) is 2.76. The molecule has 1 aromatic carbocycles. The summed E-state index contributed by atoms with van der Waals surface area (Å²) in [5.41, 5.74) is 6.96. The highest BCUT2D eigenvalue weighted by Gasteiger charge is 2.33. The van der Waals surface area contributed by atoms with Gasteiger partial charge in [-0.15, -0.1) is 0 Å². The summed E-state index contributed by atoms with van der Waals surface area (Å²) >= 11 is 0. The van der Waals surface area contributed by atoms with Crippen molar-refractivity contribution < 1.29 is 9.53 Å². The molecule has 1 amide bonds. The lowest BCUT2D eigenvalue weighted by Crippen LogP contribution is -2.41. The van der Waals surface area contributed by atoms with E-state index in [0.717, 1.165) is 5.56 Å². The molecular formula is C13H18N2O2. The summed E-state index contributed by atoms with van der Waals surface area (Å²) in [7, 11) is 1.81. The minimum absolute atomic E-state index is 0.0684. The van der Waals surface area contributed by atoms with Crippen LogP contribution in [0, 0.1) is 5.92 Å². The Bertz CT molecular complexity index is 380. The standard InChI is InChI=1S/C13H18N2O2/c1-15(7-10-5-3-2-4-6-10)13(16)11-8-17-9-12(11)14/h2-6,11-12H,7-9,14H2,1H3. The Morgan fingerprint density at radius 2 is 2.12 bits per heavy atom. The summed E-state index contributed by atoms with van der Waals surface area (Å²) in [6, 6.07) is 9.76. The van der Waals surface area contributed by atoms with E-state index in [1.165, 1.54) is 0 Å². The summed E-state index contributed by atoms with van der Waals surface area (Å²) in [6.07, 6.45) is 0. The van der Waals surface area contributed by atoms with Crippen molar-refractivity contribution in [3.05, 3.63) is 35.9 Å². The van der Waals surface area contributed by atoms with E-state index in [0.29, 0.717) is 19.8 Å². The van der Waals surface area contributed by atoms with Crippen LogP contribution in [-0.4, -0.2) is 37.1 Å². The monoisotopic (exact) mass is 234 g/mol. The van der Waals surface area contributed by atoms with Crippen LogP contribution < -0.4 is 5.73 Å². The summed E-state index contributed by atoms with van der Waals surface area (Å²) in [4.78, 5) is 13.8. The Morgan fingerprint density at radius 3 is 2.71 bits per heavy atom. The van der Waals surface area contributed by atoms with Crippen LogP contribution in [0.1, 0.15) is 5.56 Å². The van der Waals surface area contributed by atoms with E-state index >= 15 is 0 Å². The Hall–Kier alpha value is -1.39. The molecule has 1 aliphatic heterocycles. The minimum Gasteiger partial charge on any atom is -0.379 e. The zero-order valence-electron chi connectivity index (χ0n) is 10.0. The Kier molecular flexibility index (Phi) is 3.76. The second-order valence-electron chi connectivity index (χ2n) is 4.49. The van der Waals surface area contributed by atoms with Gasteiger partial charge in [-0.1, -0.05) is 30.3 Å². The minimum atomic E-state index is -0.191. The van der Waals surface area contributed by atoms with Gasteiger partial charge in [0.15, 0.2) is 0 Å². The van der Waals surface area contributed by atoms with Crippen LogP contribution in [0.3, 0.4) is 0 Å². The number of amides is 1. The maximum atomic E-state index is 12.1. The van der Waals surface area contributed by atoms with Gasteiger partial charge in [0.2, 0.25) is 5.91 Å². The van der Waals surface area contributed by atoms with E-state index in [1.54, 1.807) is 11.9 Å². The molecule has 2 unspecified atom stereocenters. The molecule has 4 nitrogen and oxygen atoms in total. The molecule has 1 aromatic rings. The van der Waals surface area contributed by atoms with Crippen molar-refractivity contribution in [2.75, 3.05) is 20.3 Å². The van der Waals surface area contributed by atoms with Gasteiger partial charge in [-0.2, -0.15) is 0 Å². The van der Waals surface area contributed by atoms with Crippen LogP contribution in [0.15, 0.2) is 30.3 Å². The molecule has 2 atom stereocenters. The maximum Gasteiger partial charge on any atom is 0.229 e. The van der Waals surface area contributed by atoms with Crippen molar-refractivity contribution in [3.8, 4) is 0 Å². The molecule has 2 N–H and O–H groups in total. The summed E-state index contributed by atoms with van der Waals surface area (Å²) in [6.45, 7) is 1.54. The zero-order valence-corrected chi connectivity index (χ0v) is 10.0. The maximum absolute atomic E-state index is 12.1. The van der Waals surface area contributed by atoms with Crippen LogP contribution >= 0.6 is 0 Å². The Labute approximate surface area is 101 Å². The Balaban J connectivity index is 1.96. The molecule has 2 rings (SSSR count). The fraction of sp³-hybridized carbons (Fsp3) is 0.462. The van der Waals surface area contributed by atoms with Gasteiger partial charge in [0.1, 0.15) is 0 Å². The molecule has 0 aromatic heterocycles. The first kappa shape index (κ1) is 12.1. The van der Waals surface area contributed by atoms with Crippen molar-refractivity contribution in [1.82, 2.24) is 4.90 Å². The summed E-state index contributed by atoms with van der Waals surface area (Å²) < 4.78 is 5.22. The third-order valence-corrected chi connectivity index (χ3v) is 3.08. The number of hydrogen-bond acceptors (Lipinski definition) is 3. The van der Waals surface area contributed by atoms with Gasteiger partial charge in [-0.05, 0) is 5.56 Å². The highest BCUT2D eigenvalue weighted by Crippen LogP contribution is 2.15. The average molecular weight is 234 g/mol. The van der Waals surface area contributed by atoms with Crippen LogP contribution in [0.4, 0.5) is 0 Å². The van der Waals surface area contributed by atoms with Gasteiger partial charge in [-0.3, -0.25) is 4.79 Å². The number of carbonyl (C=O) groups excluding carboxylic acids is 1. The third-order valence-electron chi connectivity index (χ3n) is 3.08. The molecule has 4 heteroatoms. The molecule has 1 fully saturated rings. The number of hydrogen-bond donors (Lipinski definition) is 1. The lowest BCUT2D eigenvalue weighted by molar-refractivity contribution is -0.135. The number of nitrogens with zero attached hydrogens (tertiary/aromatic N) is 1. The smallest absolute Gasteiger partial charge is 0.229 e.